The van der Waals surface area contributed by atoms with Crippen molar-refractivity contribution in [2.24, 2.45) is 0 Å². The number of nitrogens with one attached hydrogen (secondary N) is 2. The van der Waals surface area contributed by atoms with Gasteiger partial charge in [-0.25, -0.2) is 9.66 Å². The molecule has 0 saturated heterocycles. The summed E-state index contributed by atoms with van der Waals surface area (Å²) in [5.74, 6) is 1.39. The van der Waals surface area contributed by atoms with Crippen molar-refractivity contribution in [1.82, 2.24) is 9.66 Å². The molecule has 0 unspecified atom stereocenters. The monoisotopic (exact) mass is 386 g/mol. The number of anilines is 1. The molecule has 6 heteroatoms. The summed E-state index contributed by atoms with van der Waals surface area (Å²) in [6, 6.07) is 24.8. The van der Waals surface area contributed by atoms with Gasteiger partial charge in [0.15, 0.2) is 5.82 Å². The number of benzene rings is 3. The van der Waals surface area contributed by atoms with Crippen LogP contribution in [0.3, 0.4) is 0 Å². The lowest BCUT2D eigenvalue weighted by Gasteiger charge is -2.16. The number of fused-ring (bicyclic) bond motifs is 1. The van der Waals surface area contributed by atoms with E-state index in [-0.39, 0.29) is 5.56 Å². The third-order valence-electron chi connectivity index (χ3n) is 4.60. The van der Waals surface area contributed by atoms with Gasteiger partial charge in [-0.1, -0.05) is 48.5 Å². The minimum atomic E-state index is -0.115. The second-order valence-electron chi connectivity index (χ2n) is 6.53. The van der Waals surface area contributed by atoms with Gasteiger partial charge in [0.05, 0.1) is 18.0 Å². The normalized spacial score (nSPS) is 10.7. The zero-order valence-electron chi connectivity index (χ0n) is 16.1. The van der Waals surface area contributed by atoms with E-state index < -0.39 is 0 Å². The Morgan fingerprint density at radius 1 is 0.931 bits per heavy atom. The van der Waals surface area contributed by atoms with E-state index in [4.69, 9.17) is 9.72 Å². The van der Waals surface area contributed by atoms with Crippen molar-refractivity contribution in [2.75, 3.05) is 30.9 Å². The molecule has 1 heterocycles. The van der Waals surface area contributed by atoms with Gasteiger partial charge in [0.1, 0.15) is 5.75 Å². The molecule has 0 spiro atoms. The van der Waals surface area contributed by atoms with E-state index in [1.807, 2.05) is 72.8 Å². The first-order valence-corrected chi connectivity index (χ1v) is 9.45. The van der Waals surface area contributed by atoms with Crippen molar-refractivity contribution < 1.29 is 4.74 Å². The predicted molar refractivity (Wildman–Crippen MR) is 117 cm³/mol. The van der Waals surface area contributed by atoms with Gasteiger partial charge in [0.25, 0.3) is 5.56 Å². The third kappa shape index (κ3) is 4.06. The summed E-state index contributed by atoms with van der Waals surface area (Å²) in [7, 11) is 1.64. The van der Waals surface area contributed by atoms with Crippen LogP contribution in [0.2, 0.25) is 0 Å². The van der Waals surface area contributed by atoms with Gasteiger partial charge in [-0.05, 0) is 24.3 Å². The van der Waals surface area contributed by atoms with Crippen LogP contribution in [0, 0.1) is 0 Å². The zero-order chi connectivity index (χ0) is 20.1. The number of hydrogen-bond donors (Lipinski definition) is 2. The highest BCUT2D eigenvalue weighted by atomic mass is 16.5. The first-order valence-electron chi connectivity index (χ1n) is 9.45. The topological polar surface area (TPSA) is 68.2 Å². The van der Waals surface area contributed by atoms with Crippen molar-refractivity contribution in [2.45, 2.75) is 0 Å². The molecule has 4 rings (SSSR count). The number of nitrogens with zero attached hydrogens (tertiary/aromatic N) is 2. The fourth-order valence-electron chi connectivity index (χ4n) is 3.17. The smallest absolute Gasteiger partial charge is 0.280 e. The van der Waals surface area contributed by atoms with Gasteiger partial charge in [-0.3, -0.25) is 4.79 Å². The summed E-state index contributed by atoms with van der Waals surface area (Å²) in [6.45, 7) is 1.16. The lowest BCUT2D eigenvalue weighted by Crippen LogP contribution is -2.34. The van der Waals surface area contributed by atoms with Gasteiger partial charge in [-0.15, -0.1) is 0 Å². The van der Waals surface area contributed by atoms with Crippen molar-refractivity contribution in [1.29, 1.82) is 0 Å². The van der Waals surface area contributed by atoms with Crippen LogP contribution < -0.4 is 21.0 Å². The van der Waals surface area contributed by atoms with Crippen LogP contribution >= 0.6 is 0 Å². The molecule has 2 N–H and O–H groups in total. The summed E-state index contributed by atoms with van der Waals surface area (Å²) in [6.07, 6.45) is 0. The van der Waals surface area contributed by atoms with E-state index in [1.54, 1.807) is 13.2 Å². The van der Waals surface area contributed by atoms with Crippen LogP contribution in [-0.2, 0) is 0 Å². The van der Waals surface area contributed by atoms with Gasteiger partial charge in [-0.2, -0.15) is 0 Å². The molecule has 0 amide bonds. The number of para-hydroxylation sites is 1. The summed E-state index contributed by atoms with van der Waals surface area (Å²) >= 11 is 0. The van der Waals surface area contributed by atoms with Crippen molar-refractivity contribution >= 4 is 16.6 Å². The number of aromatic nitrogens is 2. The van der Waals surface area contributed by atoms with Crippen molar-refractivity contribution in [3.63, 3.8) is 0 Å². The molecule has 0 fully saturated rings. The summed E-state index contributed by atoms with van der Waals surface area (Å²) in [4.78, 5) is 17.8. The van der Waals surface area contributed by atoms with Crippen LogP contribution in [0.25, 0.3) is 22.3 Å². The molecule has 0 saturated carbocycles. The molecule has 0 atom stereocenters. The van der Waals surface area contributed by atoms with Gasteiger partial charge < -0.3 is 15.5 Å². The highest BCUT2D eigenvalue weighted by Crippen LogP contribution is 2.18. The average Bonchev–Trinajstić information content (AvgIpc) is 2.78. The number of hydrogen-bond acceptors (Lipinski definition) is 5. The molecule has 29 heavy (non-hydrogen) atoms. The van der Waals surface area contributed by atoms with E-state index >= 15 is 0 Å². The molecule has 6 nitrogen and oxygen atoms in total. The lowest BCUT2D eigenvalue weighted by atomic mass is 10.2. The molecule has 4 aromatic rings. The fraction of sp³-hybridized carbons (Fsp3) is 0.130. The zero-order valence-corrected chi connectivity index (χ0v) is 16.1. The highest BCUT2D eigenvalue weighted by Gasteiger charge is 2.12. The Morgan fingerprint density at radius 3 is 2.55 bits per heavy atom. The Kier molecular flexibility index (Phi) is 5.42. The number of ether oxygens (including phenoxy) is 1. The highest BCUT2D eigenvalue weighted by molar-refractivity contribution is 5.79. The first-order chi connectivity index (χ1) is 14.3. The molecule has 0 aliphatic carbocycles. The predicted octanol–water partition coefficient (Wildman–Crippen LogP) is 3.73. The van der Waals surface area contributed by atoms with Crippen molar-refractivity contribution in [3.8, 4) is 17.1 Å². The van der Waals surface area contributed by atoms with Gasteiger partial charge in [0.2, 0.25) is 0 Å². The van der Waals surface area contributed by atoms with E-state index in [9.17, 15) is 4.79 Å². The molecule has 1 aromatic heterocycles. The maximum atomic E-state index is 13.1. The molecular weight excluding hydrogens is 364 g/mol. The second-order valence-corrected chi connectivity index (χ2v) is 6.53. The Morgan fingerprint density at radius 2 is 1.72 bits per heavy atom. The molecular formula is C23H22N4O2. The SMILES string of the molecule is COc1cccc(NCCNn2c(-c3ccccc3)nc3ccccc3c2=O)c1. The number of rotatable bonds is 7. The average molecular weight is 386 g/mol. The lowest BCUT2D eigenvalue weighted by molar-refractivity contribution is 0.415. The van der Waals surface area contributed by atoms with E-state index in [2.05, 4.69) is 10.7 Å². The minimum absolute atomic E-state index is 0.115. The first kappa shape index (κ1) is 18.6. The van der Waals surface area contributed by atoms with E-state index in [0.29, 0.717) is 29.8 Å². The maximum absolute atomic E-state index is 13.1. The molecule has 0 radical (unpaired) electrons. The Bertz CT molecular complexity index is 1170. The Labute approximate surface area is 168 Å². The van der Waals surface area contributed by atoms with Crippen LogP contribution in [0.5, 0.6) is 5.75 Å². The quantitative estimate of drug-likeness (QED) is 0.474. The van der Waals surface area contributed by atoms with Crippen LogP contribution in [0.15, 0.2) is 83.7 Å². The van der Waals surface area contributed by atoms with E-state index in [0.717, 1.165) is 17.0 Å². The Hall–Kier alpha value is -3.80. The van der Waals surface area contributed by atoms with Crippen LogP contribution in [-0.4, -0.2) is 29.9 Å². The Balaban J connectivity index is 1.58. The third-order valence-corrected chi connectivity index (χ3v) is 4.60. The standard InChI is InChI=1S/C23H22N4O2/c1-29-19-11-7-10-18(16-19)24-14-15-25-27-22(17-8-3-2-4-9-17)26-21-13-6-5-12-20(21)23(27)28/h2-13,16,24-25H,14-15H2,1H3. The molecule has 0 aliphatic rings. The van der Waals surface area contributed by atoms with E-state index in [1.165, 1.54) is 4.68 Å². The molecule has 146 valence electrons. The van der Waals surface area contributed by atoms with Gasteiger partial charge in [0, 0.05) is 30.4 Å². The molecule has 0 aliphatic heterocycles. The summed E-state index contributed by atoms with van der Waals surface area (Å²) in [5.41, 5.74) is 5.62. The summed E-state index contributed by atoms with van der Waals surface area (Å²) < 4.78 is 6.78. The second kappa shape index (κ2) is 8.48. The minimum Gasteiger partial charge on any atom is -0.497 e. The largest absolute Gasteiger partial charge is 0.497 e. The maximum Gasteiger partial charge on any atom is 0.280 e. The van der Waals surface area contributed by atoms with Gasteiger partial charge >= 0.3 is 0 Å². The molecule has 0 bridgehead atoms. The molecule has 3 aromatic carbocycles. The van der Waals surface area contributed by atoms with Crippen LogP contribution in [0.4, 0.5) is 5.69 Å². The van der Waals surface area contributed by atoms with Crippen LogP contribution in [0.1, 0.15) is 0 Å². The fourth-order valence-corrected chi connectivity index (χ4v) is 3.17. The number of methoxy groups -OCH3 is 1. The van der Waals surface area contributed by atoms with Crippen molar-refractivity contribution in [3.05, 3.63) is 89.2 Å². The summed E-state index contributed by atoms with van der Waals surface area (Å²) in [5, 5.41) is 3.91.